The largest absolute Gasteiger partial charge is 0.332 e. The zero-order chi connectivity index (χ0) is 39.2. The topological polar surface area (TPSA) is 147 Å². The minimum absolute atomic E-state index is 0.0240. The molecule has 0 radical (unpaired) electrons. The van der Waals surface area contributed by atoms with Crippen molar-refractivity contribution < 1.29 is 32.4 Å². The van der Waals surface area contributed by atoms with Gasteiger partial charge in [0, 0.05) is 31.7 Å². The van der Waals surface area contributed by atoms with Gasteiger partial charge in [-0.25, -0.2) is 13.2 Å². The lowest BCUT2D eigenvalue weighted by molar-refractivity contribution is -0.143. The standard InChI is InChI=1S/C42H65N3O7S/c1-8-10-18-30(37(48)33(46)21-11-9-2)26-34(47)36-31-22-25-41(6,7)32(31)27-45(36)38(49)35(29-19-14-12-15-20-29)43-39(50)44-42(23-16-13-17-24-42)28-53(51,52)40(3,4)5/h1,9,29-32,35-36H,2,10-28H2,3-7H3,(H2,43,44,50)/t30?,31-,32-,35-,36-/m0/s1. The molecule has 0 aromatic heterocycles. The molecule has 296 valence electrons. The maximum atomic E-state index is 15.0. The number of carbonyl (C=O) groups is 5. The van der Waals surface area contributed by atoms with Crippen LogP contribution in [-0.4, -0.2) is 77.3 Å². The van der Waals surface area contributed by atoms with Gasteiger partial charge in [-0.1, -0.05) is 58.4 Å². The lowest BCUT2D eigenvalue weighted by atomic mass is 9.78. The van der Waals surface area contributed by atoms with Crippen LogP contribution in [-0.2, 0) is 29.0 Å². The fourth-order valence-electron chi connectivity index (χ4n) is 9.55. The number of carbonyl (C=O) groups excluding carboxylic acids is 5. The van der Waals surface area contributed by atoms with Crippen molar-refractivity contribution >= 4 is 39.1 Å². The zero-order valence-corrected chi connectivity index (χ0v) is 33.8. The Labute approximate surface area is 318 Å². The first-order chi connectivity index (χ1) is 24.9. The van der Waals surface area contributed by atoms with E-state index in [2.05, 4.69) is 37.0 Å². The van der Waals surface area contributed by atoms with Crippen molar-refractivity contribution in [1.29, 1.82) is 0 Å². The number of hydrogen-bond donors (Lipinski definition) is 2. The Morgan fingerprint density at radius 2 is 1.62 bits per heavy atom. The summed E-state index contributed by atoms with van der Waals surface area (Å²) in [5, 5.41) is 6.14. The van der Waals surface area contributed by atoms with Gasteiger partial charge in [-0.05, 0) is 95.3 Å². The van der Waals surface area contributed by atoms with Gasteiger partial charge in [0.1, 0.15) is 6.04 Å². The van der Waals surface area contributed by atoms with Crippen molar-refractivity contribution in [2.45, 2.75) is 166 Å². The Hall–Kier alpha value is -3.00. The quantitative estimate of drug-likeness (QED) is 0.104. The van der Waals surface area contributed by atoms with Gasteiger partial charge in [-0.2, -0.15) is 0 Å². The summed E-state index contributed by atoms with van der Waals surface area (Å²) in [6.07, 6.45) is 17.5. The van der Waals surface area contributed by atoms with E-state index >= 15 is 0 Å². The van der Waals surface area contributed by atoms with Crippen molar-refractivity contribution in [2.75, 3.05) is 12.3 Å². The summed E-state index contributed by atoms with van der Waals surface area (Å²) in [6.45, 7) is 13.4. The molecular formula is C42H65N3O7S. The van der Waals surface area contributed by atoms with E-state index in [1.165, 1.54) is 0 Å². The molecule has 0 aromatic rings. The summed E-state index contributed by atoms with van der Waals surface area (Å²) < 4.78 is 25.9. The van der Waals surface area contributed by atoms with E-state index in [9.17, 15) is 32.4 Å². The van der Waals surface area contributed by atoms with Gasteiger partial charge >= 0.3 is 6.03 Å². The molecule has 5 atom stereocenters. The van der Waals surface area contributed by atoms with E-state index in [-0.39, 0.29) is 66.3 Å². The molecule has 1 saturated heterocycles. The fourth-order valence-corrected chi connectivity index (χ4v) is 11.1. The number of nitrogens with zero attached hydrogens (tertiary/aromatic N) is 1. The summed E-state index contributed by atoms with van der Waals surface area (Å²) in [5.41, 5.74) is -1.06. The maximum Gasteiger partial charge on any atom is 0.315 e. The molecule has 4 fully saturated rings. The van der Waals surface area contributed by atoms with Crippen LogP contribution in [0.3, 0.4) is 0 Å². The van der Waals surface area contributed by atoms with Crippen molar-refractivity contribution in [3.05, 3.63) is 12.7 Å². The normalized spacial score (nSPS) is 25.4. The first kappa shape index (κ1) is 42.7. The predicted molar refractivity (Wildman–Crippen MR) is 208 cm³/mol. The monoisotopic (exact) mass is 755 g/mol. The van der Waals surface area contributed by atoms with Crippen LogP contribution in [0, 0.1) is 41.4 Å². The van der Waals surface area contributed by atoms with Crippen molar-refractivity contribution in [3.63, 3.8) is 0 Å². The van der Waals surface area contributed by atoms with E-state index in [1.807, 2.05) is 0 Å². The minimum atomic E-state index is -3.56. The first-order valence-electron chi connectivity index (χ1n) is 20.1. The summed E-state index contributed by atoms with van der Waals surface area (Å²) in [5.74, 6) is -0.365. The third kappa shape index (κ3) is 10.2. The van der Waals surface area contributed by atoms with E-state index in [4.69, 9.17) is 6.42 Å². The lowest BCUT2D eigenvalue weighted by Gasteiger charge is -2.41. The molecule has 1 unspecified atom stereocenters. The average Bonchev–Trinajstić information content (AvgIpc) is 3.64. The summed E-state index contributed by atoms with van der Waals surface area (Å²) in [7, 11) is -3.56. The number of rotatable bonds is 16. The maximum absolute atomic E-state index is 15.0. The van der Waals surface area contributed by atoms with Crippen LogP contribution < -0.4 is 10.6 Å². The second kappa shape index (κ2) is 17.6. The molecule has 0 spiro atoms. The Morgan fingerprint density at radius 1 is 0.981 bits per heavy atom. The zero-order valence-electron chi connectivity index (χ0n) is 33.0. The molecule has 11 heteroatoms. The van der Waals surface area contributed by atoms with E-state index in [1.54, 1.807) is 31.7 Å². The number of fused-ring (bicyclic) bond motifs is 1. The molecule has 4 aliphatic rings. The number of terminal acetylenes is 1. The van der Waals surface area contributed by atoms with Crippen LogP contribution in [0.25, 0.3) is 0 Å². The molecule has 4 rings (SSSR count). The van der Waals surface area contributed by atoms with Crippen LogP contribution in [0.5, 0.6) is 0 Å². The van der Waals surface area contributed by atoms with Gasteiger partial charge in [-0.3, -0.25) is 19.2 Å². The fraction of sp³-hybridized carbons (Fsp3) is 0.786. The smallest absolute Gasteiger partial charge is 0.315 e. The second-order valence-electron chi connectivity index (χ2n) is 18.1. The van der Waals surface area contributed by atoms with Crippen LogP contribution in [0.4, 0.5) is 4.79 Å². The number of hydrogen-bond acceptors (Lipinski definition) is 7. The summed E-state index contributed by atoms with van der Waals surface area (Å²) in [6, 6.07) is -2.23. The van der Waals surface area contributed by atoms with Crippen molar-refractivity contribution in [1.82, 2.24) is 15.5 Å². The molecule has 0 bridgehead atoms. The lowest BCUT2D eigenvalue weighted by Crippen LogP contribution is -2.62. The Morgan fingerprint density at radius 3 is 2.23 bits per heavy atom. The Kier molecular flexibility index (Phi) is 14.2. The Balaban J connectivity index is 1.63. The van der Waals surface area contributed by atoms with Gasteiger partial charge in [0.15, 0.2) is 21.4 Å². The highest BCUT2D eigenvalue weighted by Crippen LogP contribution is 2.53. The number of Topliss-reactive ketones (excluding diaryl/α,β-unsaturated/α-hetero) is 3. The Bertz CT molecular complexity index is 1530. The van der Waals surface area contributed by atoms with Crippen molar-refractivity contribution in [3.8, 4) is 12.3 Å². The predicted octanol–water partition coefficient (Wildman–Crippen LogP) is 6.51. The van der Waals surface area contributed by atoms with E-state index in [0.717, 1.165) is 64.2 Å². The van der Waals surface area contributed by atoms with Crippen LogP contribution in [0.1, 0.15) is 144 Å². The highest BCUT2D eigenvalue weighted by Gasteiger charge is 2.57. The number of sulfone groups is 1. The summed E-state index contributed by atoms with van der Waals surface area (Å²) in [4.78, 5) is 71.3. The molecule has 1 heterocycles. The molecule has 53 heavy (non-hydrogen) atoms. The number of nitrogens with one attached hydrogen (secondary N) is 2. The number of amides is 3. The molecule has 3 amide bonds. The van der Waals surface area contributed by atoms with E-state index in [0.29, 0.717) is 25.8 Å². The molecule has 1 aliphatic heterocycles. The number of ketones is 3. The van der Waals surface area contributed by atoms with Crippen molar-refractivity contribution in [2.24, 2.45) is 29.1 Å². The molecule has 3 saturated carbocycles. The van der Waals surface area contributed by atoms with Crippen LogP contribution in [0.15, 0.2) is 12.7 Å². The molecule has 0 aromatic carbocycles. The second-order valence-corrected chi connectivity index (χ2v) is 20.9. The van der Waals surface area contributed by atoms with E-state index < -0.39 is 55.7 Å². The molecule has 10 nitrogen and oxygen atoms in total. The third-order valence-electron chi connectivity index (χ3n) is 13.0. The third-order valence-corrected chi connectivity index (χ3v) is 15.8. The first-order valence-corrected chi connectivity index (χ1v) is 21.8. The minimum Gasteiger partial charge on any atom is -0.332 e. The number of likely N-dealkylation sites (tertiary alicyclic amines) is 1. The highest BCUT2D eigenvalue weighted by molar-refractivity contribution is 7.92. The molecular weight excluding hydrogens is 691 g/mol. The van der Waals surface area contributed by atoms with Crippen LogP contribution in [0.2, 0.25) is 0 Å². The average molecular weight is 756 g/mol. The van der Waals surface area contributed by atoms with Gasteiger partial charge in [0.25, 0.3) is 0 Å². The highest BCUT2D eigenvalue weighted by atomic mass is 32.2. The summed E-state index contributed by atoms with van der Waals surface area (Å²) >= 11 is 0. The van der Waals surface area contributed by atoms with Gasteiger partial charge in [0.2, 0.25) is 11.7 Å². The van der Waals surface area contributed by atoms with Gasteiger partial charge in [0.05, 0.1) is 22.1 Å². The number of urea groups is 1. The van der Waals surface area contributed by atoms with Gasteiger partial charge < -0.3 is 15.5 Å². The molecule has 3 aliphatic carbocycles. The van der Waals surface area contributed by atoms with Crippen LogP contribution >= 0.6 is 0 Å². The molecule has 2 N–H and O–H groups in total. The SMILES string of the molecule is C#CCCC(CC(=O)[C@@H]1[C@H]2CCC(C)(C)[C@H]2CN1C(=O)[C@@H](NC(=O)NC1(CS(=O)(=O)C(C)(C)C)CCCCC1)C1CCCCC1)C(=O)C(=O)CCC=C. The number of allylic oxidation sites excluding steroid dienone is 1. The van der Waals surface area contributed by atoms with Gasteiger partial charge in [-0.15, -0.1) is 18.9 Å².